The number of ketones is 1. The monoisotopic (exact) mass is 402 g/mol. The topological polar surface area (TPSA) is 17.1 Å². The van der Waals surface area contributed by atoms with Crippen molar-refractivity contribution >= 4 is 28.4 Å². The third-order valence-corrected chi connectivity index (χ3v) is 9.89. The predicted molar refractivity (Wildman–Crippen MR) is 94.5 cm³/mol. The van der Waals surface area contributed by atoms with Crippen LogP contribution in [-0.2, 0) is 4.79 Å². The maximum Gasteiger partial charge on any atom is 0.155 e. The van der Waals surface area contributed by atoms with Crippen LogP contribution in [0.5, 0.6) is 0 Å². The first kappa shape index (κ1) is 14.7. The lowest BCUT2D eigenvalue weighted by atomic mass is 9.47. The molecule has 116 valence electrons. The molecule has 0 saturated heterocycles. The fourth-order valence-electron chi connectivity index (χ4n) is 6.50. The highest BCUT2D eigenvalue weighted by atomic mass is 131. The number of rotatable bonds is 0. The van der Waals surface area contributed by atoms with Gasteiger partial charge >= 0.3 is 0 Å². The average molecular weight is 402 g/mol. The van der Waals surface area contributed by atoms with Crippen molar-refractivity contribution in [3.63, 3.8) is 0 Å². The fraction of sp³-hybridized carbons (Fsp3) is 0.842. The van der Waals surface area contributed by atoms with Crippen molar-refractivity contribution in [2.75, 3.05) is 0 Å². The molecule has 4 aliphatic rings. The molecule has 0 N–H and O–H groups in total. The summed E-state index contributed by atoms with van der Waals surface area (Å²) in [6.07, 6.45) is 12.2. The van der Waals surface area contributed by atoms with Crippen LogP contribution in [0.15, 0.2) is 11.6 Å². The van der Waals surface area contributed by atoms with E-state index >= 15 is 0 Å². The summed E-state index contributed by atoms with van der Waals surface area (Å²) in [5, 5.41) is 0. The van der Waals surface area contributed by atoms with E-state index < -0.39 is 0 Å². The normalized spacial score (nSPS) is 52.7. The van der Waals surface area contributed by atoms with Crippen LogP contribution >= 0.6 is 22.6 Å². The van der Waals surface area contributed by atoms with Crippen LogP contribution < -0.4 is 0 Å². The number of alkyl halides is 1. The smallest absolute Gasteiger partial charge is 0.155 e. The molecule has 2 heteroatoms. The molecule has 3 fully saturated rings. The zero-order valence-electron chi connectivity index (χ0n) is 13.3. The molecule has 0 aromatic rings. The first-order valence-electron chi connectivity index (χ1n) is 8.83. The Morgan fingerprint density at radius 1 is 1.05 bits per heavy atom. The SMILES string of the molecule is C[C@]12CC[C@H]3[C@@H](CCC4=CC(=O)CC[C@@]43C)[C@@H]1CC[C@@H]2[131I]. The second kappa shape index (κ2) is 4.82. The molecule has 0 aliphatic heterocycles. The number of carbonyl (C=O) groups excluding carboxylic acids is 1. The van der Waals surface area contributed by atoms with Gasteiger partial charge in [-0.1, -0.05) is 42.0 Å². The van der Waals surface area contributed by atoms with Crippen molar-refractivity contribution in [1.29, 1.82) is 0 Å². The summed E-state index contributed by atoms with van der Waals surface area (Å²) in [6, 6.07) is 0. The molecule has 1 nitrogen and oxygen atoms in total. The summed E-state index contributed by atoms with van der Waals surface area (Å²) in [5.41, 5.74) is 2.46. The van der Waals surface area contributed by atoms with Gasteiger partial charge in [-0.25, -0.2) is 0 Å². The first-order chi connectivity index (χ1) is 9.95. The van der Waals surface area contributed by atoms with Gasteiger partial charge in [0.05, 0.1) is 0 Å². The molecule has 3 saturated carbocycles. The van der Waals surface area contributed by atoms with Crippen molar-refractivity contribution < 1.29 is 4.79 Å². The molecule has 0 bridgehead atoms. The Morgan fingerprint density at radius 3 is 2.67 bits per heavy atom. The summed E-state index contributed by atoms with van der Waals surface area (Å²) >= 11 is 2.73. The molecule has 0 aromatic carbocycles. The second-order valence-corrected chi connectivity index (χ2v) is 10.1. The van der Waals surface area contributed by atoms with Crippen LogP contribution in [-0.4, -0.2) is 9.71 Å². The van der Waals surface area contributed by atoms with Gasteiger partial charge in [0.25, 0.3) is 0 Å². The van der Waals surface area contributed by atoms with Crippen LogP contribution in [0, 0.1) is 28.6 Å². The predicted octanol–water partition coefficient (Wildman–Crippen LogP) is 5.32. The van der Waals surface area contributed by atoms with Crippen molar-refractivity contribution in [2.45, 2.75) is 69.1 Å². The zero-order valence-corrected chi connectivity index (χ0v) is 15.5. The molecule has 0 radical (unpaired) electrons. The summed E-state index contributed by atoms with van der Waals surface area (Å²) < 4.78 is 0.888. The van der Waals surface area contributed by atoms with Crippen LogP contribution in [0.3, 0.4) is 0 Å². The molecule has 6 atom stereocenters. The van der Waals surface area contributed by atoms with Crippen LogP contribution in [0.2, 0.25) is 0 Å². The van der Waals surface area contributed by atoms with E-state index in [0.29, 0.717) is 16.6 Å². The van der Waals surface area contributed by atoms with Crippen LogP contribution in [0.25, 0.3) is 0 Å². The quantitative estimate of drug-likeness (QED) is 0.396. The summed E-state index contributed by atoms with van der Waals surface area (Å²) in [4.78, 5) is 11.8. The molecule has 21 heavy (non-hydrogen) atoms. The van der Waals surface area contributed by atoms with E-state index in [1.54, 1.807) is 0 Å². The Balaban J connectivity index is 1.69. The number of hydrogen-bond donors (Lipinski definition) is 0. The summed E-state index contributed by atoms with van der Waals surface area (Å²) in [6.45, 7) is 5.07. The van der Waals surface area contributed by atoms with E-state index in [1.807, 2.05) is 6.08 Å². The van der Waals surface area contributed by atoms with Crippen molar-refractivity contribution in [3.8, 4) is 0 Å². The Bertz CT molecular complexity index is 510. The Labute approximate surface area is 142 Å². The molecular formula is C19H27IO. The van der Waals surface area contributed by atoms with Gasteiger partial charge in [0.1, 0.15) is 0 Å². The van der Waals surface area contributed by atoms with Crippen molar-refractivity contribution in [1.82, 2.24) is 0 Å². The Morgan fingerprint density at radius 2 is 1.86 bits per heavy atom. The third kappa shape index (κ3) is 1.96. The highest BCUT2D eigenvalue weighted by molar-refractivity contribution is 14.1. The average Bonchev–Trinajstić information content (AvgIpc) is 2.76. The van der Waals surface area contributed by atoms with Crippen LogP contribution in [0.1, 0.15) is 65.2 Å². The van der Waals surface area contributed by atoms with Gasteiger partial charge in [0.15, 0.2) is 5.78 Å². The lowest BCUT2D eigenvalue weighted by Gasteiger charge is -2.57. The number of hydrogen-bond acceptors (Lipinski definition) is 1. The standard InChI is InChI=1S/C19H27IO/c1-18-9-7-13(21)11-12(18)3-4-14-15-5-6-17(20)19(15,2)10-8-16(14)18/h11,14-17H,3-10H2,1-2H3/t14-,15-,16-,17-,18-,19-/m0/s1/i20+4. The third-order valence-electron chi connectivity index (χ3n) is 7.85. The summed E-state index contributed by atoms with van der Waals surface area (Å²) in [5.74, 6) is 3.12. The van der Waals surface area contributed by atoms with Gasteiger partial charge in [0.2, 0.25) is 0 Å². The molecule has 0 heterocycles. The molecule has 0 amide bonds. The van der Waals surface area contributed by atoms with Gasteiger partial charge in [-0.15, -0.1) is 0 Å². The van der Waals surface area contributed by atoms with Crippen LogP contribution in [0.4, 0.5) is 0 Å². The number of carbonyl (C=O) groups is 1. The maximum absolute atomic E-state index is 11.8. The van der Waals surface area contributed by atoms with Gasteiger partial charge in [-0.2, -0.15) is 0 Å². The van der Waals surface area contributed by atoms with E-state index in [4.69, 9.17) is 0 Å². The van der Waals surface area contributed by atoms with E-state index in [0.717, 1.165) is 34.5 Å². The van der Waals surface area contributed by atoms with E-state index in [9.17, 15) is 4.79 Å². The van der Waals surface area contributed by atoms with Gasteiger partial charge in [-0.05, 0) is 79.6 Å². The van der Waals surface area contributed by atoms with Crippen molar-refractivity contribution in [2.24, 2.45) is 28.6 Å². The highest BCUT2D eigenvalue weighted by Crippen LogP contribution is 2.66. The van der Waals surface area contributed by atoms with Crippen molar-refractivity contribution in [3.05, 3.63) is 11.6 Å². The second-order valence-electron chi connectivity index (χ2n) is 8.56. The minimum absolute atomic E-state index is 0.349. The molecule has 0 aromatic heterocycles. The Kier molecular flexibility index (Phi) is 3.37. The largest absolute Gasteiger partial charge is 0.295 e. The number of halogens is 1. The zero-order chi connectivity index (χ0) is 14.8. The highest BCUT2D eigenvalue weighted by Gasteiger charge is 2.58. The lowest BCUT2D eigenvalue weighted by molar-refractivity contribution is -0.117. The molecule has 4 rings (SSSR count). The van der Waals surface area contributed by atoms with E-state index in [1.165, 1.54) is 44.1 Å². The minimum Gasteiger partial charge on any atom is -0.295 e. The minimum atomic E-state index is 0.349. The lowest BCUT2D eigenvalue weighted by Crippen LogP contribution is -2.50. The summed E-state index contributed by atoms with van der Waals surface area (Å²) in [7, 11) is 0. The maximum atomic E-state index is 11.8. The van der Waals surface area contributed by atoms with Gasteiger partial charge in [-0.3, -0.25) is 4.79 Å². The first-order valence-corrected chi connectivity index (χ1v) is 10.1. The number of allylic oxidation sites excluding steroid dienone is 1. The van der Waals surface area contributed by atoms with Gasteiger partial charge in [0, 0.05) is 10.3 Å². The molecule has 0 unspecified atom stereocenters. The van der Waals surface area contributed by atoms with E-state index in [2.05, 4.69) is 36.4 Å². The fourth-order valence-corrected chi connectivity index (χ4v) is 7.63. The Hall–Kier alpha value is 0.140. The molecular weight excluding hydrogens is 375 g/mol. The van der Waals surface area contributed by atoms with E-state index in [-0.39, 0.29) is 0 Å². The molecule has 4 aliphatic carbocycles. The number of fused-ring (bicyclic) bond motifs is 5. The van der Waals surface area contributed by atoms with Gasteiger partial charge < -0.3 is 0 Å². The molecule has 0 spiro atoms.